The van der Waals surface area contributed by atoms with E-state index in [1.165, 1.54) is 16.6 Å². The highest BCUT2D eigenvalue weighted by Gasteiger charge is 2.34. The molecular weight excluding hydrogens is 264 g/mol. The van der Waals surface area contributed by atoms with E-state index < -0.39 is 16.9 Å². The van der Waals surface area contributed by atoms with Crippen LogP contribution >= 0.6 is 0 Å². The summed E-state index contributed by atoms with van der Waals surface area (Å²) in [5.41, 5.74) is 0.240. The molecule has 0 amide bonds. The highest BCUT2D eigenvalue weighted by atomic mass is 16.6. The van der Waals surface area contributed by atoms with Crippen molar-refractivity contribution in [3.05, 3.63) is 15.8 Å². The minimum Gasteiger partial charge on any atom is -0.480 e. The average Bonchev–Trinajstić information content (AvgIpc) is 2.67. The van der Waals surface area contributed by atoms with Crippen LogP contribution in [0.5, 0.6) is 0 Å². The maximum Gasteiger partial charge on any atom is 0.334 e. The first kappa shape index (κ1) is 15.9. The minimum atomic E-state index is -1.02. The van der Waals surface area contributed by atoms with Gasteiger partial charge in [0, 0.05) is 20.0 Å². The van der Waals surface area contributed by atoms with Crippen LogP contribution in [0.3, 0.4) is 0 Å². The summed E-state index contributed by atoms with van der Waals surface area (Å²) in [6, 6.07) is -0.830. The molecule has 0 saturated heterocycles. The average molecular weight is 284 g/mol. The number of nitrogens with zero attached hydrogens (tertiary/aromatic N) is 4. The molecule has 0 aliphatic carbocycles. The van der Waals surface area contributed by atoms with E-state index in [4.69, 9.17) is 0 Å². The second-order valence-electron chi connectivity index (χ2n) is 4.97. The molecule has 1 rings (SSSR count). The van der Waals surface area contributed by atoms with E-state index in [-0.39, 0.29) is 17.4 Å². The molecule has 0 bridgehead atoms. The van der Waals surface area contributed by atoms with Gasteiger partial charge in [0.15, 0.2) is 0 Å². The number of nitro groups is 1. The van der Waals surface area contributed by atoms with Crippen molar-refractivity contribution in [3.63, 3.8) is 0 Å². The SMILES string of the molecule is CCC(C(=O)O)N(C)c1c([N+](=O)[O-])c(C(C)C)nn1C. The lowest BCUT2D eigenvalue weighted by atomic mass is 10.1. The molecule has 0 aliphatic heterocycles. The Morgan fingerprint density at radius 1 is 1.55 bits per heavy atom. The number of aryl methyl sites for hydroxylation is 1. The number of aliphatic carboxylic acids is 1. The van der Waals surface area contributed by atoms with E-state index in [0.29, 0.717) is 12.1 Å². The summed E-state index contributed by atoms with van der Waals surface area (Å²) in [4.78, 5) is 23.5. The van der Waals surface area contributed by atoms with Crippen molar-refractivity contribution in [2.45, 2.75) is 39.2 Å². The molecule has 1 atom stereocenters. The molecule has 0 fully saturated rings. The van der Waals surface area contributed by atoms with E-state index in [2.05, 4.69) is 5.10 Å². The molecule has 8 heteroatoms. The molecule has 112 valence electrons. The van der Waals surface area contributed by atoms with Crippen molar-refractivity contribution < 1.29 is 14.8 Å². The quantitative estimate of drug-likeness (QED) is 0.630. The van der Waals surface area contributed by atoms with Crippen LogP contribution < -0.4 is 4.90 Å². The highest BCUT2D eigenvalue weighted by Crippen LogP contribution is 2.35. The van der Waals surface area contributed by atoms with Gasteiger partial charge in [0.25, 0.3) is 0 Å². The van der Waals surface area contributed by atoms with Gasteiger partial charge in [-0.05, 0) is 6.42 Å². The number of hydrogen-bond donors (Lipinski definition) is 1. The lowest BCUT2D eigenvalue weighted by Gasteiger charge is -2.24. The van der Waals surface area contributed by atoms with Gasteiger partial charge in [-0.3, -0.25) is 10.1 Å². The summed E-state index contributed by atoms with van der Waals surface area (Å²) in [6.07, 6.45) is 0.338. The normalized spacial score (nSPS) is 12.5. The second-order valence-corrected chi connectivity index (χ2v) is 4.97. The smallest absolute Gasteiger partial charge is 0.334 e. The lowest BCUT2D eigenvalue weighted by Crippen LogP contribution is -2.39. The molecule has 1 unspecified atom stereocenters. The molecular formula is C12H20N4O4. The van der Waals surface area contributed by atoms with Crippen molar-refractivity contribution in [2.24, 2.45) is 7.05 Å². The molecule has 0 aliphatic rings. The Bertz CT molecular complexity index is 524. The number of carboxylic acid groups (broad SMARTS) is 1. The van der Waals surface area contributed by atoms with Crippen molar-refractivity contribution in [1.82, 2.24) is 9.78 Å². The van der Waals surface area contributed by atoms with Gasteiger partial charge >= 0.3 is 11.7 Å². The van der Waals surface area contributed by atoms with Crippen molar-refractivity contribution in [2.75, 3.05) is 11.9 Å². The number of likely N-dealkylation sites (N-methyl/N-ethyl adjacent to an activating group) is 1. The van der Waals surface area contributed by atoms with Gasteiger partial charge in [0.05, 0.1) is 4.92 Å². The molecule has 1 aromatic heterocycles. The number of rotatable bonds is 6. The van der Waals surface area contributed by atoms with Gasteiger partial charge in [0.1, 0.15) is 11.7 Å². The van der Waals surface area contributed by atoms with Gasteiger partial charge in [-0.25, -0.2) is 9.48 Å². The molecule has 20 heavy (non-hydrogen) atoms. The van der Waals surface area contributed by atoms with E-state index in [1.54, 1.807) is 14.0 Å². The van der Waals surface area contributed by atoms with Gasteiger partial charge < -0.3 is 10.0 Å². The third-order valence-electron chi connectivity index (χ3n) is 3.22. The standard InChI is InChI=1S/C12H20N4O4/c1-6-8(12(17)18)14(4)11-10(16(19)20)9(7(2)3)13-15(11)5/h7-8H,6H2,1-5H3,(H,17,18). The molecule has 1 aromatic rings. The Balaban J connectivity index is 3.44. The zero-order valence-corrected chi connectivity index (χ0v) is 12.3. The largest absolute Gasteiger partial charge is 0.480 e. The van der Waals surface area contributed by atoms with Crippen molar-refractivity contribution in [1.29, 1.82) is 0 Å². The summed E-state index contributed by atoms with van der Waals surface area (Å²) in [5.74, 6) is -0.918. The minimum absolute atomic E-state index is 0.117. The first-order valence-electron chi connectivity index (χ1n) is 6.39. The van der Waals surface area contributed by atoms with Crippen LogP contribution in [-0.4, -0.2) is 38.9 Å². The summed E-state index contributed by atoms with van der Waals surface area (Å²) in [5, 5.41) is 24.7. The zero-order valence-electron chi connectivity index (χ0n) is 12.3. The Kier molecular flexibility index (Phi) is 4.69. The van der Waals surface area contributed by atoms with Crippen LogP contribution in [0.15, 0.2) is 0 Å². The fourth-order valence-electron chi connectivity index (χ4n) is 2.25. The topological polar surface area (TPSA) is 102 Å². The van der Waals surface area contributed by atoms with Crippen LogP contribution in [0.1, 0.15) is 38.8 Å². The number of carboxylic acids is 1. The van der Waals surface area contributed by atoms with E-state index >= 15 is 0 Å². The molecule has 0 radical (unpaired) electrons. The number of anilines is 1. The summed E-state index contributed by atoms with van der Waals surface area (Å²) < 4.78 is 1.37. The fraction of sp³-hybridized carbons (Fsp3) is 0.667. The van der Waals surface area contributed by atoms with E-state index in [0.717, 1.165) is 0 Å². The highest BCUT2D eigenvalue weighted by molar-refractivity contribution is 5.79. The van der Waals surface area contributed by atoms with Gasteiger partial charge in [-0.2, -0.15) is 5.10 Å². The van der Waals surface area contributed by atoms with Gasteiger partial charge in [0.2, 0.25) is 5.82 Å². The molecule has 1 heterocycles. The second kappa shape index (κ2) is 5.89. The van der Waals surface area contributed by atoms with Crippen LogP contribution in [0.4, 0.5) is 11.5 Å². The summed E-state index contributed by atoms with van der Waals surface area (Å²) in [7, 11) is 3.12. The van der Waals surface area contributed by atoms with Crippen LogP contribution in [0, 0.1) is 10.1 Å². The monoisotopic (exact) mass is 284 g/mol. The van der Waals surface area contributed by atoms with Crippen LogP contribution in [-0.2, 0) is 11.8 Å². The number of aromatic nitrogens is 2. The maximum absolute atomic E-state index is 11.3. The summed E-state index contributed by atoms with van der Waals surface area (Å²) >= 11 is 0. The van der Waals surface area contributed by atoms with Gasteiger partial charge in [-0.15, -0.1) is 0 Å². The van der Waals surface area contributed by atoms with Crippen LogP contribution in [0.25, 0.3) is 0 Å². The Hall–Kier alpha value is -2.12. The summed E-state index contributed by atoms with van der Waals surface area (Å²) in [6.45, 7) is 5.35. The predicted molar refractivity (Wildman–Crippen MR) is 74.1 cm³/mol. The molecule has 0 spiro atoms. The van der Waals surface area contributed by atoms with Crippen molar-refractivity contribution in [3.8, 4) is 0 Å². The third-order valence-corrected chi connectivity index (χ3v) is 3.22. The van der Waals surface area contributed by atoms with Gasteiger partial charge in [-0.1, -0.05) is 20.8 Å². The lowest BCUT2D eigenvalue weighted by molar-refractivity contribution is -0.385. The number of hydrogen-bond acceptors (Lipinski definition) is 5. The Morgan fingerprint density at radius 3 is 2.45 bits per heavy atom. The molecule has 0 aromatic carbocycles. The predicted octanol–water partition coefficient (Wildman–Crippen LogP) is 1.75. The van der Waals surface area contributed by atoms with Crippen LogP contribution in [0.2, 0.25) is 0 Å². The first-order valence-corrected chi connectivity index (χ1v) is 6.39. The van der Waals surface area contributed by atoms with E-state index in [9.17, 15) is 20.0 Å². The Morgan fingerprint density at radius 2 is 2.10 bits per heavy atom. The molecule has 8 nitrogen and oxygen atoms in total. The molecule has 0 saturated carbocycles. The first-order chi connectivity index (χ1) is 9.22. The Labute approximate surface area is 117 Å². The number of carbonyl (C=O) groups is 1. The van der Waals surface area contributed by atoms with E-state index in [1.807, 2.05) is 13.8 Å². The zero-order chi connectivity index (χ0) is 15.6. The molecule has 1 N–H and O–H groups in total. The fourth-order valence-corrected chi connectivity index (χ4v) is 2.25. The van der Waals surface area contributed by atoms with Crippen molar-refractivity contribution >= 4 is 17.5 Å². The maximum atomic E-state index is 11.3. The third kappa shape index (κ3) is 2.73.